The van der Waals surface area contributed by atoms with Crippen LogP contribution in [-0.4, -0.2) is 29.8 Å². The predicted molar refractivity (Wildman–Crippen MR) is 106 cm³/mol. The molecule has 1 N–H and O–H groups in total. The number of hydrogen-bond acceptors (Lipinski definition) is 6. The van der Waals surface area contributed by atoms with Crippen LogP contribution in [0.1, 0.15) is 31.1 Å². The van der Waals surface area contributed by atoms with Gasteiger partial charge >= 0.3 is 18.1 Å². The summed E-state index contributed by atoms with van der Waals surface area (Å²) in [6.07, 6.45) is -0.698. The van der Waals surface area contributed by atoms with E-state index in [4.69, 9.17) is 25.5 Å². The number of rotatable bonds is 3. The van der Waals surface area contributed by atoms with E-state index < -0.39 is 17.7 Å². The molecule has 1 heterocycles. The van der Waals surface area contributed by atoms with Gasteiger partial charge in [0, 0.05) is 10.6 Å². The number of ether oxygens (including phenoxy) is 2. The van der Waals surface area contributed by atoms with Gasteiger partial charge in [0.1, 0.15) is 11.1 Å². The summed E-state index contributed by atoms with van der Waals surface area (Å²) in [5, 5.41) is 2.99. The highest BCUT2D eigenvalue weighted by atomic mass is 35.5. The molecule has 0 fully saturated rings. The molecule has 3 aromatic rings. The topological polar surface area (TPSA) is 90.7 Å². The molecular formula is C20H19ClN2O5. The van der Waals surface area contributed by atoms with Crippen LogP contribution in [-0.2, 0) is 9.47 Å². The molecule has 0 atom stereocenters. The third-order valence-corrected chi connectivity index (χ3v) is 3.89. The zero-order valence-electron chi connectivity index (χ0n) is 15.8. The zero-order valence-corrected chi connectivity index (χ0v) is 16.6. The van der Waals surface area contributed by atoms with E-state index in [1.807, 2.05) is 6.07 Å². The first-order valence-corrected chi connectivity index (χ1v) is 8.83. The monoisotopic (exact) mass is 402 g/mol. The number of amides is 1. The average molecular weight is 403 g/mol. The van der Waals surface area contributed by atoms with Crippen molar-refractivity contribution in [1.29, 1.82) is 0 Å². The number of halogens is 1. The fraction of sp³-hybridized carbons (Fsp3) is 0.250. The molecule has 28 heavy (non-hydrogen) atoms. The normalized spacial score (nSPS) is 11.3. The second kappa shape index (κ2) is 7.52. The van der Waals surface area contributed by atoms with Gasteiger partial charge in [0.2, 0.25) is 0 Å². The SMILES string of the molecule is COC(=O)c1cc(-c2cccc(Cl)c2)c2nc(NC(=O)OC(C)(C)C)oc2c1. The molecule has 3 rings (SSSR count). The van der Waals surface area contributed by atoms with Crippen molar-refractivity contribution in [2.24, 2.45) is 0 Å². The van der Waals surface area contributed by atoms with Gasteiger partial charge in [-0.2, -0.15) is 4.98 Å². The molecule has 0 saturated heterocycles. The Morgan fingerprint density at radius 2 is 1.93 bits per heavy atom. The maximum Gasteiger partial charge on any atom is 0.415 e. The lowest BCUT2D eigenvalue weighted by molar-refractivity contribution is 0.0597. The Balaban J connectivity index is 2.08. The van der Waals surface area contributed by atoms with Crippen LogP contribution in [0.4, 0.5) is 10.8 Å². The summed E-state index contributed by atoms with van der Waals surface area (Å²) in [5.41, 5.74) is 1.73. The second-order valence-corrected chi connectivity index (χ2v) is 7.45. The molecule has 146 valence electrons. The summed E-state index contributed by atoms with van der Waals surface area (Å²) < 4.78 is 15.6. The number of oxazole rings is 1. The van der Waals surface area contributed by atoms with Crippen molar-refractivity contribution in [3.63, 3.8) is 0 Å². The van der Waals surface area contributed by atoms with Crippen LogP contribution in [0.5, 0.6) is 0 Å². The second-order valence-electron chi connectivity index (χ2n) is 7.02. The number of esters is 1. The first kappa shape index (κ1) is 19.7. The fourth-order valence-electron chi connectivity index (χ4n) is 2.59. The average Bonchev–Trinajstić information content (AvgIpc) is 3.00. The van der Waals surface area contributed by atoms with Crippen molar-refractivity contribution >= 4 is 40.8 Å². The summed E-state index contributed by atoms with van der Waals surface area (Å²) in [6.45, 7) is 5.25. The minimum Gasteiger partial charge on any atom is -0.465 e. The molecular weight excluding hydrogens is 384 g/mol. The lowest BCUT2D eigenvalue weighted by Crippen LogP contribution is -2.27. The highest BCUT2D eigenvalue weighted by Gasteiger charge is 2.21. The van der Waals surface area contributed by atoms with Gasteiger partial charge < -0.3 is 13.9 Å². The van der Waals surface area contributed by atoms with Crippen molar-refractivity contribution < 1.29 is 23.5 Å². The molecule has 7 nitrogen and oxygen atoms in total. The Morgan fingerprint density at radius 3 is 2.57 bits per heavy atom. The van der Waals surface area contributed by atoms with Crippen LogP contribution in [0.15, 0.2) is 40.8 Å². The number of benzene rings is 2. The molecule has 0 spiro atoms. The summed E-state index contributed by atoms with van der Waals surface area (Å²) in [5.74, 6) is -0.525. The van der Waals surface area contributed by atoms with Crippen LogP contribution in [0.2, 0.25) is 5.02 Å². The molecule has 0 bridgehead atoms. The quantitative estimate of drug-likeness (QED) is 0.599. The minimum absolute atomic E-state index is 0.0467. The summed E-state index contributed by atoms with van der Waals surface area (Å²) in [7, 11) is 1.29. The number of nitrogens with one attached hydrogen (secondary N) is 1. The van der Waals surface area contributed by atoms with Crippen molar-refractivity contribution in [2.75, 3.05) is 12.4 Å². The number of carbonyl (C=O) groups is 2. The van der Waals surface area contributed by atoms with Crippen LogP contribution < -0.4 is 5.32 Å². The molecule has 0 unspecified atom stereocenters. The molecule has 0 radical (unpaired) electrons. The Kier molecular flexibility index (Phi) is 5.29. The van der Waals surface area contributed by atoms with Gasteiger partial charge in [-0.05, 0) is 50.6 Å². The van der Waals surface area contributed by atoms with Gasteiger partial charge in [-0.3, -0.25) is 0 Å². The summed E-state index contributed by atoms with van der Waals surface area (Å²) in [4.78, 5) is 28.4. The Hall–Kier alpha value is -3.06. The lowest BCUT2D eigenvalue weighted by Gasteiger charge is -2.18. The summed E-state index contributed by atoms with van der Waals surface area (Å²) >= 11 is 6.10. The largest absolute Gasteiger partial charge is 0.465 e. The number of methoxy groups -OCH3 is 1. The highest BCUT2D eigenvalue weighted by molar-refractivity contribution is 6.30. The van der Waals surface area contributed by atoms with E-state index >= 15 is 0 Å². The molecule has 8 heteroatoms. The summed E-state index contributed by atoms with van der Waals surface area (Å²) in [6, 6.07) is 10.2. The van der Waals surface area contributed by atoms with Crippen LogP contribution in [0.3, 0.4) is 0 Å². The van der Waals surface area contributed by atoms with Crippen molar-refractivity contribution in [3.05, 3.63) is 47.0 Å². The van der Waals surface area contributed by atoms with Gasteiger partial charge in [0.25, 0.3) is 0 Å². The third-order valence-electron chi connectivity index (χ3n) is 3.66. The van der Waals surface area contributed by atoms with Gasteiger partial charge in [0.05, 0.1) is 12.7 Å². The molecule has 0 aliphatic heterocycles. The Labute approximate surface area is 166 Å². The van der Waals surface area contributed by atoms with E-state index in [0.717, 1.165) is 5.56 Å². The first-order valence-electron chi connectivity index (χ1n) is 8.45. The Bertz CT molecular complexity index is 1050. The van der Waals surface area contributed by atoms with E-state index in [-0.39, 0.29) is 11.6 Å². The van der Waals surface area contributed by atoms with E-state index in [9.17, 15) is 9.59 Å². The van der Waals surface area contributed by atoms with Crippen molar-refractivity contribution in [3.8, 4) is 11.1 Å². The predicted octanol–water partition coefficient (Wildman–Crippen LogP) is 5.28. The van der Waals surface area contributed by atoms with Gasteiger partial charge in [-0.15, -0.1) is 0 Å². The van der Waals surface area contributed by atoms with Gasteiger partial charge in [-0.1, -0.05) is 23.7 Å². The molecule has 0 aliphatic rings. The molecule has 1 amide bonds. The van der Waals surface area contributed by atoms with Crippen molar-refractivity contribution in [2.45, 2.75) is 26.4 Å². The van der Waals surface area contributed by atoms with Crippen LogP contribution in [0, 0.1) is 0 Å². The Morgan fingerprint density at radius 1 is 1.18 bits per heavy atom. The van der Waals surface area contributed by atoms with Crippen molar-refractivity contribution in [1.82, 2.24) is 4.98 Å². The van der Waals surface area contributed by atoms with Crippen LogP contribution in [0.25, 0.3) is 22.2 Å². The number of nitrogens with zero attached hydrogens (tertiary/aromatic N) is 1. The number of hydrogen-bond donors (Lipinski definition) is 1. The van der Waals surface area contributed by atoms with E-state index in [2.05, 4.69) is 10.3 Å². The number of anilines is 1. The first-order chi connectivity index (χ1) is 13.2. The maximum atomic E-state index is 12.0. The third kappa shape index (κ3) is 4.43. The smallest absolute Gasteiger partial charge is 0.415 e. The number of aromatic nitrogens is 1. The minimum atomic E-state index is -0.698. The molecule has 0 aliphatic carbocycles. The number of fused-ring (bicyclic) bond motifs is 1. The molecule has 2 aromatic carbocycles. The molecule has 1 aromatic heterocycles. The zero-order chi connectivity index (χ0) is 20.5. The van der Waals surface area contributed by atoms with E-state index in [1.165, 1.54) is 13.2 Å². The highest BCUT2D eigenvalue weighted by Crippen LogP contribution is 2.33. The molecule has 0 saturated carbocycles. The van der Waals surface area contributed by atoms with E-state index in [0.29, 0.717) is 21.7 Å². The van der Waals surface area contributed by atoms with Gasteiger partial charge in [0.15, 0.2) is 5.58 Å². The van der Waals surface area contributed by atoms with Crippen LogP contribution >= 0.6 is 11.6 Å². The fourth-order valence-corrected chi connectivity index (χ4v) is 2.78. The number of carbonyl (C=O) groups excluding carboxylic acids is 2. The van der Waals surface area contributed by atoms with Gasteiger partial charge in [-0.25, -0.2) is 14.9 Å². The standard InChI is InChI=1S/C20H19ClN2O5/c1-20(2,3)28-19(25)23-18-22-16-14(11-6-5-7-13(21)8-11)9-12(17(24)26-4)10-15(16)27-18/h5-10H,1-4H3,(H,22,23,25). The van der Waals surface area contributed by atoms with E-state index in [1.54, 1.807) is 45.0 Å². The maximum absolute atomic E-state index is 12.0. The lowest BCUT2D eigenvalue weighted by atomic mass is 10.0.